The third-order valence-corrected chi connectivity index (χ3v) is 4.29. The lowest BCUT2D eigenvalue weighted by Gasteiger charge is -2.03. The molecule has 0 unspecified atom stereocenters. The van der Waals surface area contributed by atoms with E-state index in [1.807, 2.05) is 0 Å². The minimum absolute atomic E-state index is 0.164. The van der Waals surface area contributed by atoms with Gasteiger partial charge in [0.1, 0.15) is 10.8 Å². The van der Waals surface area contributed by atoms with Crippen molar-refractivity contribution in [3.8, 4) is 5.75 Å². The van der Waals surface area contributed by atoms with Gasteiger partial charge in [-0.25, -0.2) is 0 Å². The monoisotopic (exact) mass is 344 g/mol. The third-order valence-electron chi connectivity index (χ3n) is 3.29. The lowest BCUT2D eigenvalue weighted by atomic mass is 10.2. The summed E-state index contributed by atoms with van der Waals surface area (Å²) in [6, 6.07) is 6.95. The van der Waals surface area contributed by atoms with Crippen molar-refractivity contribution in [3.63, 3.8) is 0 Å². The summed E-state index contributed by atoms with van der Waals surface area (Å²) in [4.78, 5) is 22.5. The lowest BCUT2D eigenvalue weighted by molar-refractivity contribution is -0.120. The first kappa shape index (κ1) is 16.1. The van der Waals surface area contributed by atoms with Gasteiger partial charge in [0.25, 0.3) is 5.91 Å². The van der Waals surface area contributed by atoms with Gasteiger partial charge in [0.2, 0.25) is 11.0 Å². The molecule has 1 aromatic carbocycles. The number of nitrogens with two attached hydrogens (primary N) is 1. The molecule has 3 N–H and O–H groups in total. The van der Waals surface area contributed by atoms with Crippen molar-refractivity contribution in [1.82, 2.24) is 10.2 Å². The molecule has 1 saturated carbocycles. The van der Waals surface area contributed by atoms with Gasteiger partial charge in [0.05, 0.1) is 0 Å². The summed E-state index contributed by atoms with van der Waals surface area (Å²) in [6.07, 6.45) is 5.41. The summed E-state index contributed by atoms with van der Waals surface area (Å²) >= 11 is 1.42. The molecule has 1 fully saturated rings. The Balaban J connectivity index is 1.52. The zero-order valence-corrected chi connectivity index (χ0v) is 13.6. The zero-order chi connectivity index (χ0) is 16.9. The topological polar surface area (TPSA) is 107 Å². The molecule has 1 aliphatic carbocycles. The number of carbonyl (C=O) groups is 2. The van der Waals surface area contributed by atoms with Crippen LogP contribution in [-0.4, -0.2) is 28.6 Å². The summed E-state index contributed by atoms with van der Waals surface area (Å²) in [6.45, 7) is -0.164. The number of hydrogen-bond acceptors (Lipinski definition) is 6. The molecule has 8 heteroatoms. The molecular formula is C16H16N4O3S. The van der Waals surface area contributed by atoms with Gasteiger partial charge in [0, 0.05) is 12.0 Å². The molecule has 2 amide bonds. The van der Waals surface area contributed by atoms with E-state index in [9.17, 15) is 9.59 Å². The van der Waals surface area contributed by atoms with Crippen molar-refractivity contribution in [2.24, 2.45) is 5.73 Å². The van der Waals surface area contributed by atoms with E-state index in [1.54, 1.807) is 30.3 Å². The number of hydrogen-bond donors (Lipinski definition) is 2. The quantitative estimate of drug-likeness (QED) is 0.746. The maximum Gasteiger partial charge on any atom is 0.255 e. The van der Waals surface area contributed by atoms with Crippen molar-refractivity contribution in [2.45, 2.75) is 18.8 Å². The molecule has 3 rings (SSSR count). The van der Waals surface area contributed by atoms with Crippen LogP contribution in [0.5, 0.6) is 5.75 Å². The first-order valence-corrected chi connectivity index (χ1v) is 8.25. The summed E-state index contributed by atoms with van der Waals surface area (Å²) in [5, 5.41) is 12.2. The number of ether oxygens (including phenoxy) is 1. The van der Waals surface area contributed by atoms with Crippen molar-refractivity contribution in [2.75, 3.05) is 11.9 Å². The van der Waals surface area contributed by atoms with E-state index < -0.39 is 5.91 Å². The highest BCUT2D eigenvalue weighted by Crippen LogP contribution is 2.41. The van der Waals surface area contributed by atoms with E-state index >= 15 is 0 Å². The third kappa shape index (κ3) is 4.63. The number of benzene rings is 1. The van der Waals surface area contributed by atoms with Gasteiger partial charge in [0.15, 0.2) is 6.61 Å². The number of anilines is 1. The summed E-state index contributed by atoms with van der Waals surface area (Å²) in [7, 11) is 0. The Labute approximate surface area is 142 Å². The number of nitrogens with zero attached hydrogens (tertiary/aromatic N) is 2. The van der Waals surface area contributed by atoms with Crippen molar-refractivity contribution >= 4 is 34.4 Å². The Morgan fingerprint density at radius 1 is 1.29 bits per heavy atom. The van der Waals surface area contributed by atoms with Crippen LogP contribution in [0.1, 0.15) is 29.3 Å². The number of primary amides is 1. The van der Waals surface area contributed by atoms with Gasteiger partial charge in [-0.15, -0.1) is 10.2 Å². The first-order chi connectivity index (χ1) is 11.6. The van der Waals surface area contributed by atoms with Crippen LogP contribution < -0.4 is 15.8 Å². The maximum atomic E-state index is 11.9. The average Bonchev–Trinajstić information content (AvgIpc) is 3.32. The van der Waals surface area contributed by atoms with E-state index in [-0.39, 0.29) is 12.5 Å². The van der Waals surface area contributed by atoms with Crippen LogP contribution in [0, 0.1) is 0 Å². The zero-order valence-electron chi connectivity index (χ0n) is 12.8. The number of aromatic nitrogens is 2. The van der Waals surface area contributed by atoms with Crippen molar-refractivity contribution in [3.05, 3.63) is 40.9 Å². The highest BCUT2D eigenvalue weighted by Gasteiger charge is 2.27. The van der Waals surface area contributed by atoms with Crippen LogP contribution in [0.3, 0.4) is 0 Å². The van der Waals surface area contributed by atoms with Crippen LogP contribution in [0.2, 0.25) is 0 Å². The molecule has 0 bridgehead atoms. The Hall–Kier alpha value is -2.74. The van der Waals surface area contributed by atoms with Crippen LogP contribution in [0.4, 0.5) is 5.13 Å². The van der Waals surface area contributed by atoms with Crippen LogP contribution in [0.25, 0.3) is 6.08 Å². The molecule has 0 spiro atoms. The number of carbonyl (C=O) groups excluding carboxylic acids is 2. The number of amides is 2. The molecule has 0 aliphatic heterocycles. The molecule has 2 aromatic rings. The number of nitrogens with one attached hydrogen (secondary N) is 1. The summed E-state index contributed by atoms with van der Waals surface area (Å²) < 4.78 is 5.16. The molecule has 7 nitrogen and oxygen atoms in total. The second-order valence-electron chi connectivity index (χ2n) is 5.37. The summed E-state index contributed by atoms with van der Waals surface area (Å²) in [5.74, 6) is 0.274. The molecule has 0 saturated heterocycles. The van der Waals surface area contributed by atoms with E-state index in [1.165, 1.54) is 17.4 Å². The molecule has 0 radical (unpaired) electrons. The van der Waals surface area contributed by atoms with Gasteiger partial charge < -0.3 is 10.5 Å². The fourth-order valence-corrected chi connectivity index (χ4v) is 2.84. The predicted octanol–water partition coefficient (Wildman–Crippen LogP) is 1.93. The Morgan fingerprint density at radius 2 is 2.04 bits per heavy atom. The highest BCUT2D eigenvalue weighted by atomic mass is 32.1. The van der Waals surface area contributed by atoms with Crippen LogP contribution in [0.15, 0.2) is 30.3 Å². The Bertz CT molecular complexity index is 766. The normalized spacial score (nSPS) is 13.8. The van der Waals surface area contributed by atoms with Crippen molar-refractivity contribution < 1.29 is 14.3 Å². The Morgan fingerprint density at radius 3 is 2.71 bits per heavy atom. The van der Waals surface area contributed by atoms with Crippen LogP contribution in [-0.2, 0) is 9.59 Å². The largest absolute Gasteiger partial charge is 0.484 e. The molecule has 24 heavy (non-hydrogen) atoms. The fraction of sp³-hybridized carbons (Fsp3) is 0.250. The predicted molar refractivity (Wildman–Crippen MR) is 90.7 cm³/mol. The highest BCUT2D eigenvalue weighted by molar-refractivity contribution is 7.15. The standard InChI is InChI=1S/C16H16N4O3S/c17-13(21)9-23-12-6-1-10(2-7-12)3-8-14(22)18-16-20-19-15(24-16)11-4-5-11/h1-3,6-8,11H,4-5,9H2,(H2,17,21)(H,18,20,22)/b8-3+. The first-order valence-electron chi connectivity index (χ1n) is 7.44. The Kier molecular flexibility index (Phi) is 4.85. The second-order valence-corrected chi connectivity index (χ2v) is 6.38. The minimum Gasteiger partial charge on any atom is -0.484 e. The minimum atomic E-state index is -0.530. The molecule has 0 atom stereocenters. The van der Waals surface area contributed by atoms with Gasteiger partial charge >= 0.3 is 0 Å². The lowest BCUT2D eigenvalue weighted by Crippen LogP contribution is -2.19. The summed E-state index contributed by atoms with van der Waals surface area (Å²) in [5.41, 5.74) is 5.83. The van der Waals surface area contributed by atoms with Crippen molar-refractivity contribution in [1.29, 1.82) is 0 Å². The fourth-order valence-electron chi connectivity index (χ4n) is 1.93. The molecule has 1 heterocycles. The van der Waals surface area contributed by atoms with E-state index in [2.05, 4.69) is 15.5 Å². The van der Waals surface area contributed by atoms with E-state index in [0.29, 0.717) is 16.8 Å². The van der Waals surface area contributed by atoms with Gasteiger partial charge in [-0.3, -0.25) is 14.9 Å². The smallest absolute Gasteiger partial charge is 0.255 e. The maximum absolute atomic E-state index is 11.9. The second kappa shape index (κ2) is 7.22. The molecular weight excluding hydrogens is 328 g/mol. The number of rotatable bonds is 7. The SMILES string of the molecule is NC(=O)COc1ccc(/C=C/C(=O)Nc2nnc(C3CC3)s2)cc1. The van der Waals surface area contributed by atoms with E-state index in [0.717, 1.165) is 23.4 Å². The molecule has 1 aliphatic rings. The van der Waals surface area contributed by atoms with Crippen LogP contribution >= 0.6 is 11.3 Å². The van der Waals surface area contributed by atoms with E-state index in [4.69, 9.17) is 10.5 Å². The average molecular weight is 344 g/mol. The van der Waals surface area contributed by atoms with Gasteiger partial charge in [-0.1, -0.05) is 23.5 Å². The van der Waals surface area contributed by atoms with Gasteiger partial charge in [-0.05, 0) is 36.6 Å². The van der Waals surface area contributed by atoms with Gasteiger partial charge in [-0.2, -0.15) is 0 Å². The molecule has 124 valence electrons. The molecule has 1 aromatic heterocycles.